The number of H-pyrrole nitrogens is 2. The third-order valence-electron chi connectivity index (χ3n) is 7.21. The highest BCUT2D eigenvalue weighted by atomic mass is 16.6. The predicted octanol–water partition coefficient (Wildman–Crippen LogP) is -1.35. The van der Waals surface area contributed by atoms with Crippen LogP contribution in [0, 0.1) is 13.8 Å². The lowest BCUT2D eigenvalue weighted by Gasteiger charge is -2.17. The SMILES string of the molecule is Cc1cn([C@H]2CC(OC(=O)CCCCC(=O)OC3C[C@H](n4cc(C)c(=O)[nH]c4=O)O[C@@H]3CO)[C@@H](CO)O2)c(=O)[nH]c1=O. The summed E-state index contributed by atoms with van der Waals surface area (Å²) in [6.07, 6.45) is -1.62. The molecule has 2 aliphatic heterocycles. The van der Waals surface area contributed by atoms with Crippen LogP contribution in [0.3, 0.4) is 0 Å². The number of rotatable bonds is 11. The van der Waals surface area contributed by atoms with Gasteiger partial charge in [-0.15, -0.1) is 0 Å². The number of carbonyl (C=O) groups is 2. The summed E-state index contributed by atoms with van der Waals surface area (Å²) in [7, 11) is 0. The number of aromatic amines is 2. The quantitative estimate of drug-likeness (QED) is 0.175. The van der Waals surface area contributed by atoms with Crippen molar-refractivity contribution in [1.29, 1.82) is 0 Å². The van der Waals surface area contributed by atoms with Gasteiger partial charge in [-0.05, 0) is 26.7 Å². The van der Waals surface area contributed by atoms with E-state index in [0.29, 0.717) is 24.0 Å². The Morgan fingerprint density at radius 2 is 1.17 bits per heavy atom. The van der Waals surface area contributed by atoms with Gasteiger partial charge in [0.1, 0.15) is 36.9 Å². The molecule has 6 atom stereocenters. The Hall–Kier alpha value is -3.86. The number of esters is 2. The lowest BCUT2D eigenvalue weighted by atomic mass is 10.1. The van der Waals surface area contributed by atoms with Crippen molar-refractivity contribution in [2.45, 2.75) is 89.2 Å². The second-order valence-electron chi connectivity index (χ2n) is 10.3. The molecular weight excluding hydrogens is 560 g/mol. The van der Waals surface area contributed by atoms with E-state index in [4.69, 9.17) is 18.9 Å². The summed E-state index contributed by atoms with van der Waals surface area (Å²) in [4.78, 5) is 76.8. The van der Waals surface area contributed by atoms with Crippen LogP contribution in [-0.4, -0.2) is 78.9 Å². The molecule has 2 saturated heterocycles. The van der Waals surface area contributed by atoms with Gasteiger partial charge in [-0.3, -0.25) is 38.3 Å². The van der Waals surface area contributed by atoms with Gasteiger partial charge in [0.2, 0.25) is 0 Å². The molecule has 42 heavy (non-hydrogen) atoms. The summed E-state index contributed by atoms with van der Waals surface area (Å²) in [5, 5.41) is 19.3. The molecule has 4 heterocycles. The van der Waals surface area contributed by atoms with Crippen LogP contribution >= 0.6 is 0 Å². The highest BCUT2D eigenvalue weighted by Crippen LogP contribution is 2.31. The number of aromatic nitrogens is 4. The molecule has 0 spiro atoms. The number of aliphatic hydroxyl groups excluding tert-OH is 2. The molecule has 0 radical (unpaired) electrons. The molecule has 16 heteroatoms. The van der Waals surface area contributed by atoms with Crippen LogP contribution in [0.1, 0.15) is 62.1 Å². The lowest BCUT2D eigenvalue weighted by molar-refractivity contribution is -0.155. The first kappa shape index (κ1) is 31.1. The molecule has 2 fully saturated rings. The van der Waals surface area contributed by atoms with Gasteiger partial charge in [0, 0.05) is 49.2 Å². The molecule has 0 amide bonds. The van der Waals surface area contributed by atoms with Gasteiger partial charge in [0.15, 0.2) is 0 Å². The van der Waals surface area contributed by atoms with E-state index in [1.807, 2.05) is 0 Å². The Labute approximate surface area is 237 Å². The maximum atomic E-state index is 12.4. The van der Waals surface area contributed by atoms with Gasteiger partial charge >= 0.3 is 23.3 Å². The minimum Gasteiger partial charge on any atom is -0.459 e. The smallest absolute Gasteiger partial charge is 0.330 e. The highest BCUT2D eigenvalue weighted by Gasteiger charge is 2.40. The van der Waals surface area contributed by atoms with Crippen molar-refractivity contribution in [1.82, 2.24) is 19.1 Å². The normalized spacial score (nSPS) is 25.4. The Bertz CT molecular complexity index is 1410. The fourth-order valence-electron chi connectivity index (χ4n) is 4.91. The van der Waals surface area contributed by atoms with Crippen LogP contribution < -0.4 is 22.5 Å². The van der Waals surface area contributed by atoms with Crippen molar-refractivity contribution < 1.29 is 38.7 Å². The van der Waals surface area contributed by atoms with E-state index >= 15 is 0 Å². The molecule has 16 nitrogen and oxygen atoms in total. The zero-order valence-electron chi connectivity index (χ0n) is 23.1. The average molecular weight is 595 g/mol. The van der Waals surface area contributed by atoms with E-state index in [9.17, 15) is 39.0 Å². The zero-order chi connectivity index (χ0) is 30.6. The monoisotopic (exact) mass is 594 g/mol. The fourth-order valence-corrected chi connectivity index (χ4v) is 4.91. The second kappa shape index (κ2) is 13.4. The Morgan fingerprint density at radius 1 is 0.786 bits per heavy atom. The van der Waals surface area contributed by atoms with Crippen LogP contribution in [0.4, 0.5) is 0 Å². The minimum atomic E-state index is -0.860. The fraction of sp³-hybridized carbons (Fsp3) is 0.615. The minimum absolute atomic E-state index is 0.0212. The summed E-state index contributed by atoms with van der Waals surface area (Å²) < 4.78 is 24.6. The van der Waals surface area contributed by atoms with Crippen molar-refractivity contribution in [3.63, 3.8) is 0 Å². The van der Waals surface area contributed by atoms with Gasteiger partial charge in [-0.25, -0.2) is 9.59 Å². The van der Waals surface area contributed by atoms with Crippen LogP contribution in [0.2, 0.25) is 0 Å². The topological polar surface area (TPSA) is 221 Å². The van der Waals surface area contributed by atoms with Crippen molar-refractivity contribution in [3.05, 3.63) is 65.2 Å². The predicted molar refractivity (Wildman–Crippen MR) is 142 cm³/mol. The van der Waals surface area contributed by atoms with Crippen LogP contribution in [0.25, 0.3) is 0 Å². The van der Waals surface area contributed by atoms with Crippen molar-refractivity contribution in [2.24, 2.45) is 0 Å². The van der Waals surface area contributed by atoms with Crippen molar-refractivity contribution >= 4 is 11.9 Å². The van der Waals surface area contributed by atoms with Gasteiger partial charge in [-0.2, -0.15) is 0 Å². The lowest BCUT2D eigenvalue weighted by Crippen LogP contribution is -2.33. The third kappa shape index (κ3) is 7.13. The van der Waals surface area contributed by atoms with E-state index in [-0.39, 0.29) is 25.7 Å². The summed E-state index contributed by atoms with van der Waals surface area (Å²) in [6, 6.07) is 0. The van der Waals surface area contributed by atoms with Gasteiger partial charge < -0.3 is 29.2 Å². The molecule has 0 saturated carbocycles. The van der Waals surface area contributed by atoms with Crippen LogP contribution in [0.15, 0.2) is 31.6 Å². The molecular formula is C26H34N4O12. The Morgan fingerprint density at radius 3 is 1.52 bits per heavy atom. The summed E-state index contributed by atoms with van der Waals surface area (Å²) in [5.41, 5.74) is -1.82. The first-order valence-corrected chi connectivity index (χ1v) is 13.6. The molecule has 2 aromatic heterocycles. The van der Waals surface area contributed by atoms with Crippen molar-refractivity contribution in [2.75, 3.05) is 13.2 Å². The first-order valence-electron chi connectivity index (χ1n) is 13.6. The number of nitrogens with one attached hydrogen (secondary N) is 2. The molecule has 0 bridgehead atoms. The summed E-state index contributed by atoms with van der Waals surface area (Å²) in [5.74, 6) is -1.15. The molecule has 0 aromatic carbocycles. The number of aryl methyl sites for hydroxylation is 2. The summed E-state index contributed by atoms with van der Waals surface area (Å²) >= 11 is 0. The highest BCUT2D eigenvalue weighted by molar-refractivity contribution is 5.71. The molecule has 2 unspecified atom stereocenters. The van der Waals surface area contributed by atoms with E-state index < -0.39 is 84.5 Å². The number of aliphatic hydroxyl groups is 2. The first-order chi connectivity index (χ1) is 20.0. The molecule has 0 aliphatic carbocycles. The number of ether oxygens (including phenoxy) is 4. The summed E-state index contributed by atoms with van der Waals surface area (Å²) in [6.45, 7) is 2.16. The number of hydrogen-bond donors (Lipinski definition) is 4. The maximum absolute atomic E-state index is 12.4. The van der Waals surface area contributed by atoms with Gasteiger partial charge in [-0.1, -0.05) is 0 Å². The number of nitrogens with zero attached hydrogens (tertiary/aromatic N) is 2. The van der Waals surface area contributed by atoms with Crippen LogP contribution in [0.5, 0.6) is 0 Å². The molecule has 4 N–H and O–H groups in total. The van der Waals surface area contributed by atoms with E-state index in [1.54, 1.807) is 0 Å². The van der Waals surface area contributed by atoms with Crippen molar-refractivity contribution in [3.8, 4) is 0 Å². The molecule has 4 rings (SSSR count). The van der Waals surface area contributed by atoms with Gasteiger partial charge in [0.05, 0.1) is 13.2 Å². The maximum Gasteiger partial charge on any atom is 0.330 e. The van der Waals surface area contributed by atoms with Gasteiger partial charge in [0.25, 0.3) is 11.1 Å². The molecule has 2 aliphatic rings. The Kier molecular flexibility index (Phi) is 9.93. The van der Waals surface area contributed by atoms with E-state index in [0.717, 1.165) is 0 Å². The van der Waals surface area contributed by atoms with E-state index in [2.05, 4.69) is 9.97 Å². The third-order valence-corrected chi connectivity index (χ3v) is 7.21. The largest absolute Gasteiger partial charge is 0.459 e. The average Bonchev–Trinajstić information content (AvgIpc) is 3.54. The molecule has 230 valence electrons. The van der Waals surface area contributed by atoms with Crippen LogP contribution in [-0.2, 0) is 28.5 Å². The number of hydrogen-bond acceptors (Lipinski definition) is 12. The standard InChI is InChI=1S/C26H34N4O12/c1-13-9-29(25(37)27-23(13)35)19-7-15(17(11-31)39-19)41-21(33)5-3-4-6-22(34)42-16-8-20(40-18(16)12-32)30-10-14(2)24(36)28-26(30)38/h9-10,15-20,31-32H,3-8,11-12H2,1-2H3,(H,27,35,37)(H,28,36,38)/t15?,16?,17-,18-,19-,20-/m1/s1. The number of carbonyl (C=O) groups excluding carboxylic acids is 2. The molecule has 2 aromatic rings. The second-order valence-corrected chi connectivity index (χ2v) is 10.3. The number of unbranched alkanes of at least 4 members (excludes halogenated alkanes) is 1. The zero-order valence-corrected chi connectivity index (χ0v) is 23.1. The van der Waals surface area contributed by atoms with E-state index in [1.165, 1.54) is 35.4 Å². The Balaban J connectivity index is 1.22.